The van der Waals surface area contributed by atoms with E-state index in [2.05, 4.69) is 31.2 Å². The predicted molar refractivity (Wildman–Crippen MR) is 98.7 cm³/mol. The smallest absolute Gasteiger partial charge is 0.251 e. The Bertz CT molecular complexity index is 801. The van der Waals surface area contributed by atoms with Crippen molar-refractivity contribution in [3.05, 3.63) is 54.0 Å². The fourth-order valence-electron chi connectivity index (χ4n) is 3.33. The number of rotatable bonds is 5. The monoisotopic (exact) mass is 350 g/mol. The zero-order chi connectivity index (χ0) is 18.5. The molecule has 1 aromatic carbocycles. The van der Waals surface area contributed by atoms with Crippen molar-refractivity contribution >= 4 is 11.7 Å². The third-order valence-corrected chi connectivity index (χ3v) is 4.50. The highest BCUT2D eigenvalue weighted by Gasteiger charge is 2.34. The van der Waals surface area contributed by atoms with E-state index in [0.29, 0.717) is 17.7 Å². The number of nitrogens with zero attached hydrogens (tertiary/aromatic N) is 5. The minimum absolute atomic E-state index is 0.00519. The molecular formula is C19H22N6O. The molecule has 0 radical (unpaired) electrons. The lowest BCUT2D eigenvalue weighted by Crippen LogP contribution is -2.43. The standard InChI is InChI=1S/C19H22N6O/c1-24(2)10-16-11-25(18-6-7-21-13-22-18)12-17(16)23-19(26)15-5-3-4-14(8-15)9-20/h3-8,13,16-17H,10-12H2,1-2H3,(H,23,26)/t16-,17-/m1/s1. The summed E-state index contributed by atoms with van der Waals surface area (Å²) in [5, 5.41) is 12.2. The van der Waals surface area contributed by atoms with Gasteiger partial charge in [0.15, 0.2) is 0 Å². The largest absolute Gasteiger partial charge is 0.354 e. The number of benzene rings is 1. The van der Waals surface area contributed by atoms with Crippen LogP contribution < -0.4 is 10.2 Å². The van der Waals surface area contributed by atoms with E-state index in [9.17, 15) is 4.79 Å². The molecule has 1 aliphatic rings. The summed E-state index contributed by atoms with van der Waals surface area (Å²) in [5.41, 5.74) is 0.990. The first-order valence-corrected chi connectivity index (χ1v) is 8.53. The van der Waals surface area contributed by atoms with Crippen LogP contribution in [0.25, 0.3) is 0 Å². The van der Waals surface area contributed by atoms with Crippen molar-refractivity contribution in [2.45, 2.75) is 6.04 Å². The van der Waals surface area contributed by atoms with Crippen LogP contribution in [0.5, 0.6) is 0 Å². The van der Waals surface area contributed by atoms with E-state index in [-0.39, 0.29) is 17.9 Å². The SMILES string of the molecule is CN(C)C[C@@H]1CN(c2ccncn2)C[C@H]1NC(=O)c1cccc(C#N)c1. The lowest BCUT2D eigenvalue weighted by molar-refractivity contribution is 0.0928. The third-order valence-electron chi connectivity index (χ3n) is 4.50. The number of nitriles is 1. The summed E-state index contributed by atoms with van der Waals surface area (Å²) in [6, 6.07) is 10.7. The molecule has 0 aliphatic carbocycles. The molecule has 26 heavy (non-hydrogen) atoms. The molecule has 2 heterocycles. The zero-order valence-electron chi connectivity index (χ0n) is 15.0. The number of hydrogen-bond acceptors (Lipinski definition) is 6. The van der Waals surface area contributed by atoms with Crippen LogP contribution in [0.2, 0.25) is 0 Å². The summed E-state index contributed by atoms with van der Waals surface area (Å²) >= 11 is 0. The number of amides is 1. The first-order chi connectivity index (χ1) is 12.6. The van der Waals surface area contributed by atoms with Gasteiger partial charge in [0, 0.05) is 37.3 Å². The second kappa shape index (κ2) is 7.93. The third kappa shape index (κ3) is 4.16. The van der Waals surface area contributed by atoms with Crippen LogP contribution in [0.3, 0.4) is 0 Å². The lowest BCUT2D eigenvalue weighted by atomic mass is 10.0. The van der Waals surface area contributed by atoms with Gasteiger partial charge in [-0.25, -0.2) is 9.97 Å². The van der Waals surface area contributed by atoms with E-state index in [1.165, 1.54) is 6.33 Å². The molecule has 0 bridgehead atoms. The van der Waals surface area contributed by atoms with Gasteiger partial charge in [0.05, 0.1) is 17.7 Å². The molecule has 1 aliphatic heterocycles. The molecule has 1 amide bonds. The molecule has 7 heteroatoms. The summed E-state index contributed by atoms with van der Waals surface area (Å²) in [6.07, 6.45) is 3.26. The molecule has 0 saturated carbocycles. The second-order valence-electron chi connectivity index (χ2n) is 6.77. The van der Waals surface area contributed by atoms with E-state index < -0.39 is 0 Å². The summed E-state index contributed by atoms with van der Waals surface area (Å²) in [7, 11) is 4.06. The Morgan fingerprint density at radius 1 is 1.38 bits per heavy atom. The number of anilines is 1. The van der Waals surface area contributed by atoms with Gasteiger partial charge in [-0.1, -0.05) is 6.07 Å². The van der Waals surface area contributed by atoms with Crippen LogP contribution in [-0.2, 0) is 0 Å². The van der Waals surface area contributed by atoms with Gasteiger partial charge in [0.1, 0.15) is 12.1 Å². The molecule has 3 rings (SSSR count). The van der Waals surface area contributed by atoms with Gasteiger partial charge >= 0.3 is 0 Å². The minimum Gasteiger partial charge on any atom is -0.354 e. The van der Waals surface area contributed by atoms with Crippen molar-refractivity contribution in [2.75, 3.05) is 38.6 Å². The number of carbonyl (C=O) groups excluding carboxylic acids is 1. The molecule has 2 aromatic rings. The fraction of sp³-hybridized carbons (Fsp3) is 0.368. The molecule has 0 spiro atoms. The van der Waals surface area contributed by atoms with Crippen molar-refractivity contribution in [3.8, 4) is 6.07 Å². The van der Waals surface area contributed by atoms with E-state index in [1.807, 2.05) is 20.2 Å². The highest BCUT2D eigenvalue weighted by Crippen LogP contribution is 2.23. The van der Waals surface area contributed by atoms with Crippen molar-refractivity contribution in [1.82, 2.24) is 20.2 Å². The lowest BCUT2D eigenvalue weighted by Gasteiger charge is -2.22. The Morgan fingerprint density at radius 2 is 2.23 bits per heavy atom. The number of aromatic nitrogens is 2. The summed E-state index contributed by atoms with van der Waals surface area (Å²) < 4.78 is 0. The maximum atomic E-state index is 12.7. The number of nitrogens with one attached hydrogen (secondary N) is 1. The molecule has 0 unspecified atom stereocenters. The first-order valence-electron chi connectivity index (χ1n) is 8.53. The average molecular weight is 350 g/mol. The second-order valence-corrected chi connectivity index (χ2v) is 6.77. The van der Waals surface area contributed by atoms with Crippen molar-refractivity contribution < 1.29 is 4.79 Å². The summed E-state index contributed by atoms with van der Waals surface area (Å²) in [6.45, 7) is 2.38. The van der Waals surface area contributed by atoms with Gasteiger partial charge in [-0.2, -0.15) is 5.26 Å². The predicted octanol–water partition coefficient (Wildman–Crippen LogP) is 1.14. The highest BCUT2D eigenvalue weighted by atomic mass is 16.1. The Hall–Kier alpha value is -2.98. The Kier molecular flexibility index (Phi) is 5.44. The Morgan fingerprint density at radius 3 is 2.92 bits per heavy atom. The maximum Gasteiger partial charge on any atom is 0.251 e. The van der Waals surface area contributed by atoms with E-state index in [0.717, 1.165) is 18.9 Å². The Labute approximate surface area is 153 Å². The van der Waals surface area contributed by atoms with Crippen molar-refractivity contribution in [1.29, 1.82) is 5.26 Å². The van der Waals surface area contributed by atoms with Gasteiger partial charge in [-0.15, -0.1) is 0 Å². The molecule has 1 aromatic heterocycles. The first kappa shape index (κ1) is 17.8. The van der Waals surface area contributed by atoms with Crippen LogP contribution in [0.1, 0.15) is 15.9 Å². The summed E-state index contributed by atoms with van der Waals surface area (Å²) in [5.74, 6) is 0.996. The van der Waals surface area contributed by atoms with Gasteiger partial charge < -0.3 is 15.1 Å². The quantitative estimate of drug-likeness (QED) is 0.871. The van der Waals surface area contributed by atoms with E-state index in [4.69, 9.17) is 5.26 Å². The number of carbonyl (C=O) groups is 1. The van der Waals surface area contributed by atoms with Crippen LogP contribution >= 0.6 is 0 Å². The van der Waals surface area contributed by atoms with Gasteiger partial charge in [-0.05, 0) is 38.4 Å². The van der Waals surface area contributed by atoms with Crippen LogP contribution in [0.4, 0.5) is 5.82 Å². The molecular weight excluding hydrogens is 328 g/mol. The topological polar surface area (TPSA) is 85.2 Å². The molecule has 7 nitrogen and oxygen atoms in total. The minimum atomic E-state index is -0.152. The van der Waals surface area contributed by atoms with Crippen LogP contribution in [0, 0.1) is 17.2 Å². The molecule has 1 fully saturated rings. The maximum absolute atomic E-state index is 12.7. The average Bonchev–Trinajstić information content (AvgIpc) is 3.04. The van der Waals surface area contributed by atoms with Gasteiger partial charge in [0.2, 0.25) is 0 Å². The number of hydrogen-bond donors (Lipinski definition) is 1. The summed E-state index contributed by atoms with van der Waals surface area (Å²) in [4.78, 5) is 25.3. The Balaban J connectivity index is 1.75. The highest BCUT2D eigenvalue weighted by molar-refractivity contribution is 5.94. The van der Waals surface area contributed by atoms with Gasteiger partial charge in [0.25, 0.3) is 5.91 Å². The van der Waals surface area contributed by atoms with E-state index >= 15 is 0 Å². The van der Waals surface area contributed by atoms with Crippen LogP contribution in [-0.4, -0.2) is 60.5 Å². The van der Waals surface area contributed by atoms with Gasteiger partial charge in [-0.3, -0.25) is 4.79 Å². The fourth-order valence-corrected chi connectivity index (χ4v) is 3.33. The van der Waals surface area contributed by atoms with Crippen molar-refractivity contribution in [2.24, 2.45) is 5.92 Å². The molecule has 1 saturated heterocycles. The zero-order valence-corrected chi connectivity index (χ0v) is 15.0. The molecule has 1 N–H and O–H groups in total. The van der Waals surface area contributed by atoms with Crippen molar-refractivity contribution in [3.63, 3.8) is 0 Å². The molecule has 2 atom stereocenters. The van der Waals surface area contributed by atoms with Crippen LogP contribution in [0.15, 0.2) is 42.9 Å². The van der Waals surface area contributed by atoms with E-state index in [1.54, 1.807) is 30.5 Å². The molecule has 134 valence electrons. The normalized spacial score (nSPS) is 19.4.